The van der Waals surface area contributed by atoms with E-state index < -0.39 is 52.8 Å². The number of aromatic hydroxyl groups is 1. The Morgan fingerprint density at radius 2 is 1.60 bits per heavy atom. The van der Waals surface area contributed by atoms with Crippen molar-refractivity contribution in [1.82, 2.24) is 4.90 Å². The highest BCUT2D eigenvalue weighted by Gasteiger charge is 2.66. The van der Waals surface area contributed by atoms with Crippen LogP contribution in [0.2, 0.25) is 0 Å². The second-order valence-corrected chi connectivity index (χ2v) is 12.0. The van der Waals surface area contributed by atoms with E-state index in [0.717, 1.165) is 0 Å². The molecule has 1 saturated heterocycles. The molecule has 9 nitrogen and oxygen atoms in total. The summed E-state index contributed by atoms with van der Waals surface area (Å²) in [5.74, 6) is -6.31. The minimum Gasteiger partial charge on any atom is -0.504 e. The van der Waals surface area contributed by atoms with Gasteiger partial charge in [0, 0.05) is 23.0 Å². The summed E-state index contributed by atoms with van der Waals surface area (Å²) in [4.78, 5) is 69.5. The van der Waals surface area contributed by atoms with Crippen molar-refractivity contribution in [2.24, 2.45) is 29.4 Å². The lowest BCUT2D eigenvalue weighted by Gasteiger charge is -2.55. The lowest BCUT2D eigenvalue weighted by Crippen LogP contribution is -2.58. The molecule has 4 aliphatic rings. The summed E-state index contributed by atoms with van der Waals surface area (Å²) in [5, 5.41) is 11.6. The number of hydrogen-bond donors (Lipinski definition) is 2. The number of rotatable bonds is 4. The number of carbonyl (C=O) groups excluding carboxylic acids is 5. The lowest BCUT2D eigenvalue weighted by atomic mass is 9.44. The van der Waals surface area contributed by atoms with Crippen LogP contribution < -0.4 is 10.5 Å². The SMILES string of the molecule is COc1cccc(C2C3=CCC4C(=O)N(C(N)=O)C(=O)C4C3CC3C(=O)C(c4ccccc4)=CC(=O)C32c2ccccc2)c1O. The normalized spacial score (nSPS) is 28.9. The number of likely N-dealkylation sites (tertiary alicyclic amines) is 1. The number of primary amides is 1. The Kier molecular flexibility index (Phi) is 6.58. The van der Waals surface area contributed by atoms with Gasteiger partial charge in [0.1, 0.15) is 0 Å². The number of phenols is 1. The molecule has 9 heteroatoms. The summed E-state index contributed by atoms with van der Waals surface area (Å²) in [6.45, 7) is 0. The van der Waals surface area contributed by atoms with Crippen LogP contribution in [0, 0.1) is 23.7 Å². The maximum atomic E-state index is 14.9. The Bertz CT molecular complexity index is 1850. The van der Waals surface area contributed by atoms with Crippen LogP contribution in [0.1, 0.15) is 35.4 Å². The first-order chi connectivity index (χ1) is 21.7. The van der Waals surface area contributed by atoms with E-state index in [0.29, 0.717) is 27.2 Å². The monoisotopic (exact) mass is 602 g/mol. The number of allylic oxidation sites excluding steroid dienone is 4. The molecular formula is C36H30N2O7. The third kappa shape index (κ3) is 3.89. The Morgan fingerprint density at radius 3 is 2.27 bits per heavy atom. The molecule has 2 fully saturated rings. The van der Waals surface area contributed by atoms with Crippen molar-refractivity contribution >= 4 is 35.0 Å². The van der Waals surface area contributed by atoms with Crippen molar-refractivity contribution in [2.45, 2.75) is 24.2 Å². The molecule has 1 heterocycles. The fraction of sp³-hybridized carbons (Fsp3) is 0.250. The Labute approximate surface area is 259 Å². The van der Waals surface area contributed by atoms with Crippen LogP contribution >= 0.6 is 0 Å². The molecule has 45 heavy (non-hydrogen) atoms. The van der Waals surface area contributed by atoms with E-state index in [1.54, 1.807) is 54.6 Å². The summed E-state index contributed by atoms with van der Waals surface area (Å²) in [6.07, 6.45) is 3.47. The molecule has 226 valence electrons. The molecule has 6 atom stereocenters. The summed E-state index contributed by atoms with van der Waals surface area (Å²) in [6, 6.07) is 21.9. The number of para-hydroxylation sites is 1. The van der Waals surface area contributed by atoms with Gasteiger partial charge in [0.15, 0.2) is 23.1 Å². The first-order valence-electron chi connectivity index (χ1n) is 14.9. The van der Waals surface area contributed by atoms with Crippen molar-refractivity contribution < 1.29 is 33.8 Å². The van der Waals surface area contributed by atoms with E-state index in [-0.39, 0.29) is 41.5 Å². The van der Waals surface area contributed by atoms with Gasteiger partial charge in [-0.3, -0.25) is 19.2 Å². The number of ketones is 2. The van der Waals surface area contributed by atoms with Gasteiger partial charge in [-0.1, -0.05) is 84.4 Å². The summed E-state index contributed by atoms with van der Waals surface area (Å²) >= 11 is 0. The number of nitrogens with zero attached hydrogens (tertiary/aromatic N) is 1. The molecule has 4 amide bonds. The second-order valence-electron chi connectivity index (χ2n) is 12.0. The molecule has 3 aromatic rings. The average molecular weight is 603 g/mol. The van der Waals surface area contributed by atoms with E-state index in [1.807, 2.05) is 30.3 Å². The van der Waals surface area contributed by atoms with E-state index >= 15 is 0 Å². The topological polar surface area (TPSA) is 144 Å². The van der Waals surface area contributed by atoms with Gasteiger partial charge in [-0.2, -0.15) is 4.90 Å². The standard InChI is InChI=1S/C36H30N2O7/c1-45-27-14-8-13-23(32(27)41)30-21-15-16-22-29(34(43)38(33(22)42)35(37)44)25(21)17-26-31(40)24(19-9-4-2-5-10-19)18-28(39)36(26,30)20-11-6-3-7-12-20/h2-15,18,22,25-26,29-30,41H,16-17H2,1H3,(H2,37,44). The van der Waals surface area contributed by atoms with Crippen LogP contribution in [-0.2, 0) is 24.6 Å². The van der Waals surface area contributed by atoms with Crippen LogP contribution in [0.15, 0.2) is 96.6 Å². The van der Waals surface area contributed by atoms with Gasteiger partial charge in [-0.05, 0) is 42.0 Å². The van der Waals surface area contributed by atoms with Crippen molar-refractivity contribution in [3.05, 3.63) is 113 Å². The van der Waals surface area contributed by atoms with Crippen molar-refractivity contribution in [3.63, 3.8) is 0 Å². The number of imide groups is 3. The van der Waals surface area contributed by atoms with Crippen LogP contribution in [0.25, 0.3) is 5.57 Å². The quantitative estimate of drug-likeness (QED) is 0.335. The van der Waals surface area contributed by atoms with Gasteiger partial charge in [0.25, 0.3) is 0 Å². The van der Waals surface area contributed by atoms with Gasteiger partial charge in [0.05, 0.1) is 24.4 Å². The van der Waals surface area contributed by atoms with Crippen molar-refractivity contribution in [1.29, 1.82) is 0 Å². The number of carbonyl (C=O) groups is 5. The molecule has 7 rings (SSSR count). The van der Waals surface area contributed by atoms with Crippen molar-refractivity contribution in [2.75, 3.05) is 7.11 Å². The maximum Gasteiger partial charge on any atom is 0.328 e. The first-order valence-corrected chi connectivity index (χ1v) is 14.9. The van der Waals surface area contributed by atoms with Gasteiger partial charge < -0.3 is 15.6 Å². The minimum absolute atomic E-state index is 0.0729. The largest absolute Gasteiger partial charge is 0.504 e. The second kappa shape index (κ2) is 10.4. The molecule has 3 aliphatic carbocycles. The molecule has 0 spiro atoms. The molecule has 0 radical (unpaired) electrons. The van der Waals surface area contributed by atoms with E-state index in [9.17, 15) is 29.1 Å². The predicted octanol–water partition coefficient (Wildman–Crippen LogP) is 4.30. The molecule has 0 bridgehead atoms. The highest BCUT2D eigenvalue weighted by molar-refractivity contribution is 6.31. The highest BCUT2D eigenvalue weighted by Crippen LogP contribution is 2.64. The van der Waals surface area contributed by atoms with Gasteiger partial charge in [0.2, 0.25) is 11.8 Å². The molecule has 1 saturated carbocycles. The number of nitrogens with two attached hydrogens (primary N) is 1. The fourth-order valence-corrected chi connectivity index (χ4v) is 8.37. The van der Waals surface area contributed by atoms with Gasteiger partial charge >= 0.3 is 6.03 Å². The van der Waals surface area contributed by atoms with Crippen LogP contribution in [-0.4, -0.2) is 46.5 Å². The molecule has 0 aromatic heterocycles. The zero-order valence-corrected chi connectivity index (χ0v) is 24.4. The lowest BCUT2D eigenvalue weighted by molar-refractivity contribution is -0.137. The van der Waals surface area contributed by atoms with Crippen LogP contribution in [0.4, 0.5) is 4.79 Å². The number of ether oxygens (including phenoxy) is 1. The number of benzene rings is 3. The molecule has 3 aromatic carbocycles. The Hall–Kier alpha value is -5.31. The van der Waals surface area contributed by atoms with E-state index in [4.69, 9.17) is 10.5 Å². The average Bonchev–Trinajstić information content (AvgIpc) is 3.32. The predicted molar refractivity (Wildman–Crippen MR) is 163 cm³/mol. The van der Waals surface area contributed by atoms with Gasteiger partial charge in [-0.25, -0.2) is 4.79 Å². The summed E-state index contributed by atoms with van der Waals surface area (Å²) in [5.41, 5.74) is 6.44. The third-order valence-electron chi connectivity index (χ3n) is 10.2. The Morgan fingerprint density at radius 1 is 0.911 bits per heavy atom. The number of methoxy groups -OCH3 is 1. The first kappa shape index (κ1) is 28.5. The van der Waals surface area contributed by atoms with E-state index in [2.05, 4.69) is 0 Å². The minimum atomic E-state index is -1.50. The number of hydrogen-bond acceptors (Lipinski definition) is 7. The number of amides is 4. The zero-order valence-electron chi connectivity index (χ0n) is 24.4. The number of phenolic OH excluding ortho intramolecular Hbond substituents is 1. The van der Waals surface area contributed by atoms with Crippen LogP contribution in [0.3, 0.4) is 0 Å². The maximum absolute atomic E-state index is 14.9. The number of fused-ring (bicyclic) bond motifs is 4. The van der Waals surface area contributed by atoms with E-state index in [1.165, 1.54) is 13.2 Å². The summed E-state index contributed by atoms with van der Waals surface area (Å²) in [7, 11) is 1.42. The molecular weight excluding hydrogens is 572 g/mol. The van der Waals surface area contributed by atoms with Crippen molar-refractivity contribution in [3.8, 4) is 11.5 Å². The zero-order chi connectivity index (χ0) is 31.6. The smallest absolute Gasteiger partial charge is 0.328 e. The van der Waals surface area contributed by atoms with Crippen LogP contribution in [0.5, 0.6) is 11.5 Å². The molecule has 6 unspecified atom stereocenters. The summed E-state index contributed by atoms with van der Waals surface area (Å²) < 4.78 is 5.46. The van der Waals surface area contributed by atoms with Gasteiger partial charge in [-0.15, -0.1) is 0 Å². The fourth-order valence-electron chi connectivity index (χ4n) is 8.37. The number of urea groups is 1. The third-order valence-corrected chi connectivity index (χ3v) is 10.2. The molecule has 3 N–H and O–H groups in total. The highest BCUT2D eigenvalue weighted by atomic mass is 16.5. The molecule has 1 aliphatic heterocycles. The number of Topliss-reactive ketones (excluding diaryl/α,β-unsaturated/α-hetero) is 1. The Balaban J connectivity index is 1.53.